The van der Waals surface area contributed by atoms with Gasteiger partial charge in [0.2, 0.25) is 0 Å². The van der Waals surface area contributed by atoms with E-state index in [0.717, 1.165) is 11.6 Å². The van der Waals surface area contributed by atoms with Crippen molar-refractivity contribution in [1.29, 1.82) is 0 Å². The average molecular weight is 235 g/mol. The topological polar surface area (TPSA) is 12.0 Å². The lowest BCUT2D eigenvalue weighted by Gasteiger charge is -2.29. The van der Waals surface area contributed by atoms with Crippen LogP contribution < -0.4 is 5.32 Å². The van der Waals surface area contributed by atoms with Gasteiger partial charge in [-0.15, -0.1) is 0 Å². The maximum absolute atomic E-state index is 13.4. The van der Waals surface area contributed by atoms with Crippen LogP contribution >= 0.6 is 0 Å². The lowest BCUT2D eigenvalue weighted by molar-refractivity contribution is 0.330. The van der Waals surface area contributed by atoms with Gasteiger partial charge in [0.1, 0.15) is 5.82 Å². The van der Waals surface area contributed by atoms with Crippen LogP contribution in [0, 0.1) is 18.7 Å². The Kier molecular flexibility index (Phi) is 4.03. The number of benzene rings is 1. The monoisotopic (exact) mass is 235 g/mol. The standard InChI is InChI=1S/C15H22FN/c1-3-12-5-8-13(9-6-12)17-14-7-4-11(2)15(16)10-14/h4,7,10,12-13,17H,3,5-6,8-9H2,1-2H3. The molecule has 0 amide bonds. The molecule has 1 aromatic rings. The molecule has 0 heterocycles. The molecule has 1 saturated carbocycles. The molecule has 0 aliphatic heterocycles. The molecule has 0 aromatic heterocycles. The lowest BCUT2D eigenvalue weighted by atomic mass is 9.84. The van der Waals surface area contributed by atoms with Crippen molar-refractivity contribution in [2.45, 2.75) is 52.0 Å². The van der Waals surface area contributed by atoms with Crippen LogP contribution in [0.1, 0.15) is 44.6 Å². The number of rotatable bonds is 3. The molecule has 0 spiro atoms. The molecule has 0 atom stereocenters. The molecule has 0 unspecified atom stereocenters. The van der Waals surface area contributed by atoms with E-state index < -0.39 is 0 Å². The van der Waals surface area contributed by atoms with Crippen molar-refractivity contribution < 1.29 is 4.39 Å². The number of nitrogens with one attached hydrogen (secondary N) is 1. The molecule has 94 valence electrons. The molecule has 0 bridgehead atoms. The molecule has 1 aliphatic carbocycles. The van der Waals surface area contributed by atoms with E-state index >= 15 is 0 Å². The summed E-state index contributed by atoms with van der Waals surface area (Å²) < 4.78 is 13.4. The minimum absolute atomic E-state index is 0.114. The summed E-state index contributed by atoms with van der Waals surface area (Å²) in [6.07, 6.45) is 6.35. The maximum atomic E-state index is 13.4. The Morgan fingerprint density at radius 1 is 1.24 bits per heavy atom. The van der Waals surface area contributed by atoms with E-state index in [-0.39, 0.29) is 5.82 Å². The lowest BCUT2D eigenvalue weighted by Crippen LogP contribution is -2.25. The van der Waals surface area contributed by atoms with Crippen LogP contribution in [0.15, 0.2) is 18.2 Å². The van der Waals surface area contributed by atoms with Gasteiger partial charge in [0.25, 0.3) is 0 Å². The first kappa shape index (κ1) is 12.4. The summed E-state index contributed by atoms with van der Waals surface area (Å²) in [6.45, 7) is 4.07. The van der Waals surface area contributed by atoms with Crippen molar-refractivity contribution >= 4 is 5.69 Å². The van der Waals surface area contributed by atoms with Gasteiger partial charge < -0.3 is 5.32 Å². The van der Waals surface area contributed by atoms with Crippen molar-refractivity contribution in [3.8, 4) is 0 Å². The van der Waals surface area contributed by atoms with Gasteiger partial charge in [-0.05, 0) is 56.2 Å². The molecule has 1 fully saturated rings. The first-order valence-corrected chi connectivity index (χ1v) is 6.71. The fraction of sp³-hybridized carbons (Fsp3) is 0.600. The summed E-state index contributed by atoms with van der Waals surface area (Å²) in [5, 5.41) is 3.45. The zero-order chi connectivity index (χ0) is 12.3. The van der Waals surface area contributed by atoms with Gasteiger partial charge in [-0.1, -0.05) is 19.4 Å². The highest BCUT2D eigenvalue weighted by atomic mass is 19.1. The predicted octanol–water partition coefficient (Wildman–Crippen LogP) is 4.51. The van der Waals surface area contributed by atoms with Gasteiger partial charge in [-0.3, -0.25) is 0 Å². The highest BCUT2D eigenvalue weighted by molar-refractivity contribution is 5.46. The Morgan fingerprint density at radius 2 is 1.94 bits per heavy atom. The van der Waals surface area contributed by atoms with Gasteiger partial charge in [-0.25, -0.2) is 4.39 Å². The largest absolute Gasteiger partial charge is 0.382 e. The van der Waals surface area contributed by atoms with E-state index in [1.165, 1.54) is 32.1 Å². The van der Waals surface area contributed by atoms with Gasteiger partial charge in [0.15, 0.2) is 0 Å². The number of anilines is 1. The quantitative estimate of drug-likeness (QED) is 0.812. The fourth-order valence-corrected chi connectivity index (χ4v) is 2.63. The number of hydrogen-bond acceptors (Lipinski definition) is 1. The summed E-state index contributed by atoms with van der Waals surface area (Å²) in [5.41, 5.74) is 1.64. The molecule has 0 saturated heterocycles. The summed E-state index contributed by atoms with van der Waals surface area (Å²) in [5.74, 6) is 0.792. The molecule has 0 radical (unpaired) electrons. The second-order valence-electron chi connectivity index (χ2n) is 5.23. The SMILES string of the molecule is CCC1CCC(Nc2ccc(C)c(F)c2)CC1. The molecular weight excluding hydrogens is 213 g/mol. The van der Waals surface area contributed by atoms with E-state index in [2.05, 4.69) is 12.2 Å². The third-order valence-corrected chi connectivity index (χ3v) is 3.97. The number of hydrogen-bond donors (Lipinski definition) is 1. The number of aryl methyl sites for hydroxylation is 1. The van der Waals surface area contributed by atoms with Gasteiger partial charge in [0, 0.05) is 11.7 Å². The first-order chi connectivity index (χ1) is 8.19. The molecule has 1 nitrogen and oxygen atoms in total. The van der Waals surface area contributed by atoms with Crippen LogP contribution in [-0.2, 0) is 0 Å². The Bertz CT molecular complexity index is 367. The smallest absolute Gasteiger partial charge is 0.128 e. The van der Waals surface area contributed by atoms with E-state index in [0.29, 0.717) is 11.6 Å². The van der Waals surface area contributed by atoms with Crippen molar-refractivity contribution in [1.82, 2.24) is 0 Å². The van der Waals surface area contributed by atoms with Crippen LogP contribution in [0.4, 0.5) is 10.1 Å². The van der Waals surface area contributed by atoms with E-state index in [4.69, 9.17) is 0 Å². The first-order valence-electron chi connectivity index (χ1n) is 6.71. The minimum Gasteiger partial charge on any atom is -0.382 e. The zero-order valence-corrected chi connectivity index (χ0v) is 10.8. The molecule has 1 N–H and O–H groups in total. The second-order valence-corrected chi connectivity index (χ2v) is 5.23. The Balaban J connectivity index is 1.91. The highest BCUT2D eigenvalue weighted by Crippen LogP contribution is 2.28. The third-order valence-electron chi connectivity index (χ3n) is 3.97. The summed E-state index contributed by atoms with van der Waals surface area (Å²) >= 11 is 0. The van der Waals surface area contributed by atoms with E-state index in [9.17, 15) is 4.39 Å². The highest BCUT2D eigenvalue weighted by Gasteiger charge is 2.19. The van der Waals surface area contributed by atoms with Crippen molar-refractivity contribution in [3.05, 3.63) is 29.6 Å². The molecule has 2 rings (SSSR count). The Hall–Kier alpha value is -1.05. The predicted molar refractivity (Wildman–Crippen MR) is 70.8 cm³/mol. The average Bonchev–Trinajstić information content (AvgIpc) is 2.35. The van der Waals surface area contributed by atoms with Gasteiger partial charge in [0.05, 0.1) is 0 Å². The van der Waals surface area contributed by atoms with Gasteiger partial charge in [-0.2, -0.15) is 0 Å². The zero-order valence-electron chi connectivity index (χ0n) is 10.8. The Morgan fingerprint density at radius 3 is 2.53 bits per heavy atom. The summed E-state index contributed by atoms with van der Waals surface area (Å²) in [7, 11) is 0. The molecular formula is C15H22FN. The Labute approximate surface area is 103 Å². The van der Waals surface area contributed by atoms with Crippen LogP contribution in [0.25, 0.3) is 0 Å². The van der Waals surface area contributed by atoms with Crippen LogP contribution in [-0.4, -0.2) is 6.04 Å². The minimum atomic E-state index is -0.114. The summed E-state index contributed by atoms with van der Waals surface area (Å²) in [4.78, 5) is 0. The molecule has 1 aromatic carbocycles. The van der Waals surface area contributed by atoms with Gasteiger partial charge >= 0.3 is 0 Å². The maximum Gasteiger partial charge on any atom is 0.128 e. The van der Waals surface area contributed by atoms with Crippen LogP contribution in [0.3, 0.4) is 0 Å². The molecule has 2 heteroatoms. The fourth-order valence-electron chi connectivity index (χ4n) is 2.63. The molecule has 1 aliphatic rings. The van der Waals surface area contributed by atoms with E-state index in [1.807, 2.05) is 12.1 Å². The summed E-state index contributed by atoms with van der Waals surface area (Å²) in [6, 6.07) is 5.96. The third kappa shape index (κ3) is 3.21. The number of halogens is 1. The normalized spacial score (nSPS) is 24.6. The van der Waals surface area contributed by atoms with E-state index in [1.54, 1.807) is 13.0 Å². The van der Waals surface area contributed by atoms with Crippen molar-refractivity contribution in [2.75, 3.05) is 5.32 Å². The van der Waals surface area contributed by atoms with Crippen LogP contribution in [0.2, 0.25) is 0 Å². The van der Waals surface area contributed by atoms with Crippen LogP contribution in [0.5, 0.6) is 0 Å². The van der Waals surface area contributed by atoms with Crippen molar-refractivity contribution in [2.24, 2.45) is 5.92 Å². The van der Waals surface area contributed by atoms with Crippen molar-refractivity contribution in [3.63, 3.8) is 0 Å². The molecule has 17 heavy (non-hydrogen) atoms. The second kappa shape index (κ2) is 5.52.